The first-order chi connectivity index (χ1) is 12.2. The van der Waals surface area contributed by atoms with E-state index in [1.165, 1.54) is 12.8 Å². The Bertz CT molecular complexity index is 777. The molecule has 0 radical (unpaired) electrons. The van der Waals surface area contributed by atoms with Crippen molar-refractivity contribution in [1.82, 2.24) is 15.1 Å². The lowest BCUT2D eigenvalue weighted by molar-refractivity contribution is 0.102. The minimum Gasteiger partial charge on any atom is -0.336 e. The number of aromatic nitrogens is 2. The molecule has 1 aliphatic carbocycles. The summed E-state index contributed by atoms with van der Waals surface area (Å²) in [6, 6.07) is 9.19. The van der Waals surface area contributed by atoms with Gasteiger partial charge in [-0.25, -0.2) is 9.48 Å². The summed E-state index contributed by atoms with van der Waals surface area (Å²) in [7, 11) is 0. The van der Waals surface area contributed by atoms with Gasteiger partial charge in [0.05, 0.1) is 12.2 Å². The van der Waals surface area contributed by atoms with Crippen molar-refractivity contribution in [1.29, 1.82) is 0 Å². The molecule has 0 spiro atoms. The molecule has 7 heteroatoms. The lowest BCUT2D eigenvalue weighted by Crippen LogP contribution is -2.27. The fraction of sp³-hybridized carbons (Fsp3) is 0.389. The normalized spacial score (nSPS) is 17.8. The largest absolute Gasteiger partial charge is 0.336 e. The maximum atomic E-state index is 12.5. The fourth-order valence-electron chi connectivity index (χ4n) is 3.55. The van der Waals surface area contributed by atoms with Crippen LogP contribution >= 0.6 is 0 Å². The van der Waals surface area contributed by atoms with Crippen molar-refractivity contribution >= 4 is 23.4 Å². The Labute approximate surface area is 146 Å². The molecule has 2 aromatic rings. The van der Waals surface area contributed by atoms with E-state index in [-0.39, 0.29) is 11.9 Å². The van der Waals surface area contributed by atoms with Crippen molar-refractivity contribution in [3.63, 3.8) is 0 Å². The van der Waals surface area contributed by atoms with Crippen LogP contribution in [-0.4, -0.2) is 34.8 Å². The second kappa shape index (κ2) is 6.58. The predicted molar refractivity (Wildman–Crippen MR) is 94.9 cm³/mol. The van der Waals surface area contributed by atoms with E-state index in [4.69, 9.17) is 0 Å². The van der Waals surface area contributed by atoms with Crippen LogP contribution in [0.1, 0.15) is 42.1 Å². The number of rotatable bonds is 4. The maximum Gasteiger partial charge on any atom is 0.321 e. The number of benzene rings is 1. The van der Waals surface area contributed by atoms with Gasteiger partial charge in [0.1, 0.15) is 5.82 Å². The quantitative estimate of drug-likeness (QED) is 0.899. The number of amides is 3. The second-order valence-electron chi connectivity index (χ2n) is 6.48. The Balaban J connectivity index is 1.46. The molecule has 3 amide bonds. The summed E-state index contributed by atoms with van der Waals surface area (Å²) in [5, 5.41) is 10.1. The molecule has 130 valence electrons. The number of hydrogen-bond donors (Lipinski definition) is 2. The van der Waals surface area contributed by atoms with Gasteiger partial charge in [-0.15, -0.1) is 0 Å². The molecule has 2 N–H and O–H groups in total. The third-order valence-electron chi connectivity index (χ3n) is 4.88. The number of carbonyl (C=O) groups excluding carboxylic acids is 2. The Morgan fingerprint density at radius 1 is 1.16 bits per heavy atom. The zero-order valence-electron chi connectivity index (χ0n) is 13.9. The molecular formula is C18H21N5O2. The van der Waals surface area contributed by atoms with Gasteiger partial charge in [0.25, 0.3) is 5.91 Å². The van der Waals surface area contributed by atoms with Gasteiger partial charge in [0.2, 0.25) is 0 Å². The van der Waals surface area contributed by atoms with Crippen LogP contribution < -0.4 is 15.5 Å². The zero-order chi connectivity index (χ0) is 17.2. The van der Waals surface area contributed by atoms with Crippen LogP contribution in [-0.2, 0) is 0 Å². The highest BCUT2D eigenvalue weighted by Gasteiger charge is 2.22. The van der Waals surface area contributed by atoms with Crippen molar-refractivity contribution in [2.75, 3.05) is 23.3 Å². The van der Waals surface area contributed by atoms with Crippen LogP contribution in [0.25, 0.3) is 0 Å². The molecule has 2 aliphatic rings. The molecule has 0 unspecified atom stereocenters. The molecule has 4 rings (SSSR count). The Morgan fingerprint density at radius 2 is 1.92 bits per heavy atom. The minimum atomic E-state index is -0.169. The average molecular weight is 339 g/mol. The highest BCUT2D eigenvalue weighted by molar-refractivity contribution is 6.04. The minimum absolute atomic E-state index is 0.0994. The summed E-state index contributed by atoms with van der Waals surface area (Å²) >= 11 is 0. The first kappa shape index (κ1) is 15.7. The van der Waals surface area contributed by atoms with Gasteiger partial charge in [0.15, 0.2) is 0 Å². The molecule has 1 saturated heterocycles. The van der Waals surface area contributed by atoms with Gasteiger partial charge in [-0.05, 0) is 37.1 Å². The lowest BCUT2D eigenvalue weighted by atomic mass is 10.2. The number of nitrogens with zero attached hydrogens (tertiary/aromatic N) is 3. The van der Waals surface area contributed by atoms with E-state index in [1.807, 2.05) is 10.7 Å². The van der Waals surface area contributed by atoms with Gasteiger partial charge in [-0.2, -0.15) is 5.10 Å². The van der Waals surface area contributed by atoms with Crippen LogP contribution in [0.15, 0.2) is 36.5 Å². The average Bonchev–Trinajstić information content (AvgIpc) is 3.36. The molecule has 1 aromatic heterocycles. The van der Waals surface area contributed by atoms with Gasteiger partial charge in [0, 0.05) is 30.4 Å². The zero-order valence-corrected chi connectivity index (χ0v) is 13.9. The molecule has 2 heterocycles. The van der Waals surface area contributed by atoms with E-state index in [0.29, 0.717) is 24.7 Å². The van der Waals surface area contributed by atoms with Crippen molar-refractivity contribution in [3.05, 3.63) is 42.1 Å². The van der Waals surface area contributed by atoms with Gasteiger partial charge < -0.3 is 10.6 Å². The number of carbonyl (C=O) groups is 2. The molecular weight excluding hydrogens is 318 g/mol. The predicted octanol–water partition coefficient (Wildman–Crippen LogP) is 2.78. The first-order valence-corrected chi connectivity index (χ1v) is 8.73. The van der Waals surface area contributed by atoms with E-state index in [1.54, 1.807) is 35.4 Å². The summed E-state index contributed by atoms with van der Waals surface area (Å²) in [6.45, 7) is 1.29. The third kappa shape index (κ3) is 3.09. The molecule has 7 nitrogen and oxygen atoms in total. The fourth-order valence-corrected chi connectivity index (χ4v) is 3.55. The second-order valence-corrected chi connectivity index (χ2v) is 6.48. The van der Waals surface area contributed by atoms with Crippen molar-refractivity contribution < 1.29 is 9.59 Å². The van der Waals surface area contributed by atoms with Gasteiger partial charge >= 0.3 is 6.03 Å². The van der Waals surface area contributed by atoms with Crippen molar-refractivity contribution in [2.24, 2.45) is 0 Å². The van der Waals surface area contributed by atoms with Crippen LogP contribution in [0.4, 0.5) is 16.3 Å². The van der Waals surface area contributed by atoms with Crippen molar-refractivity contribution in [3.8, 4) is 0 Å². The molecule has 25 heavy (non-hydrogen) atoms. The summed E-state index contributed by atoms with van der Waals surface area (Å²) in [5.41, 5.74) is 1.35. The summed E-state index contributed by atoms with van der Waals surface area (Å²) in [6.07, 6.45) is 6.37. The molecule has 2 fully saturated rings. The van der Waals surface area contributed by atoms with Gasteiger partial charge in [-0.3, -0.25) is 9.69 Å². The lowest BCUT2D eigenvalue weighted by Gasteiger charge is -2.16. The third-order valence-corrected chi connectivity index (χ3v) is 4.88. The molecule has 0 atom stereocenters. The number of hydrogen-bond acceptors (Lipinski definition) is 3. The van der Waals surface area contributed by atoms with Crippen molar-refractivity contribution in [2.45, 2.75) is 31.7 Å². The van der Waals surface area contributed by atoms with E-state index in [9.17, 15) is 9.59 Å². The monoisotopic (exact) mass is 339 g/mol. The topological polar surface area (TPSA) is 79.3 Å². The molecule has 0 bridgehead atoms. The summed E-state index contributed by atoms with van der Waals surface area (Å²) in [5.74, 6) is 0.567. The summed E-state index contributed by atoms with van der Waals surface area (Å²) < 4.78 is 1.92. The maximum absolute atomic E-state index is 12.5. The summed E-state index contributed by atoms with van der Waals surface area (Å²) in [4.78, 5) is 25.9. The standard InChI is InChI=1S/C18H21N5O2/c24-17(21-16-9-10-20-23(16)15-3-1-2-4-15)13-5-7-14(8-6-13)22-12-11-19-18(22)25/h5-10,15H,1-4,11-12H2,(H,19,25)(H,21,24). The molecule has 1 aliphatic heterocycles. The van der Waals surface area contributed by atoms with E-state index in [2.05, 4.69) is 15.7 Å². The highest BCUT2D eigenvalue weighted by atomic mass is 16.2. The van der Waals surface area contributed by atoms with Gasteiger partial charge in [-0.1, -0.05) is 12.8 Å². The van der Waals surface area contributed by atoms with Crippen LogP contribution in [0, 0.1) is 0 Å². The van der Waals surface area contributed by atoms with E-state index >= 15 is 0 Å². The van der Waals surface area contributed by atoms with E-state index < -0.39 is 0 Å². The van der Waals surface area contributed by atoms with Crippen LogP contribution in [0.2, 0.25) is 0 Å². The first-order valence-electron chi connectivity index (χ1n) is 8.73. The number of urea groups is 1. The van der Waals surface area contributed by atoms with Crippen LogP contribution in [0.3, 0.4) is 0 Å². The van der Waals surface area contributed by atoms with Crippen LogP contribution in [0.5, 0.6) is 0 Å². The smallest absolute Gasteiger partial charge is 0.321 e. The van der Waals surface area contributed by atoms with E-state index in [0.717, 1.165) is 24.3 Å². The number of anilines is 2. The number of nitrogens with one attached hydrogen (secondary N) is 2. The highest BCUT2D eigenvalue weighted by Crippen LogP contribution is 2.31. The Kier molecular flexibility index (Phi) is 4.13. The Hall–Kier alpha value is -2.83. The Morgan fingerprint density at radius 3 is 2.60 bits per heavy atom. The molecule has 1 saturated carbocycles. The SMILES string of the molecule is O=C(Nc1ccnn1C1CCCC1)c1ccc(N2CCNC2=O)cc1. The molecule has 1 aromatic carbocycles.